The van der Waals surface area contributed by atoms with Crippen molar-refractivity contribution >= 4 is 70.2 Å². The molecule has 18 heteroatoms. The van der Waals surface area contributed by atoms with Crippen LogP contribution in [0.5, 0.6) is 11.5 Å². The van der Waals surface area contributed by atoms with Gasteiger partial charge in [0.1, 0.15) is 39.4 Å². The van der Waals surface area contributed by atoms with Gasteiger partial charge < -0.3 is 30.6 Å². The van der Waals surface area contributed by atoms with E-state index in [0.29, 0.717) is 27.1 Å². The highest BCUT2D eigenvalue weighted by molar-refractivity contribution is 8.01. The number of aromatic hydroxyl groups is 1. The van der Waals surface area contributed by atoms with Gasteiger partial charge in [-0.15, -0.1) is 22.0 Å². The molecule has 230 valence electrons. The molecule has 2 aliphatic heterocycles. The number of nitrogens with one attached hydrogen (secondary N) is 3. The lowest BCUT2D eigenvalue weighted by atomic mass is 10.0. The summed E-state index contributed by atoms with van der Waals surface area (Å²) < 4.78 is 5.98. The van der Waals surface area contributed by atoms with E-state index in [9.17, 15) is 34.2 Å². The Balaban J connectivity index is 1.28. The maximum Gasteiger partial charge on any atom is 0.352 e. The summed E-state index contributed by atoms with van der Waals surface area (Å²) in [5, 5.41) is 31.7. The Hall–Kier alpha value is -4.06. The van der Waals surface area contributed by atoms with Gasteiger partial charge in [0.25, 0.3) is 11.8 Å². The molecular weight excluding hydrogens is 656 g/mol. The van der Waals surface area contributed by atoms with Crippen molar-refractivity contribution in [3.8, 4) is 11.5 Å². The number of aryl methyl sites for hydroxylation is 1. The first-order valence-electron chi connectivity index (χ1n) is 12.7. The fourth-order valence-corrected chi connectivity index (χ4v) is 7.53. The highest BCUT2D eigenvalue weighted by Gasteiger charge is 2.54. The molecule has 5 N–H and O–H groups in total. The minimum Gasteiger partial charge on any atom is -0.508 e. The number of benzene rings is 1. The smallest absolute Gasteiger partial charge is 0.352 e. The first-order chi connectivity index (χ1) is 21.0. The molecule has 5 rings (SSSR count). The largest absolute Gasteiger partial charge is 0.508 e. The molecule has 4 heterocycles. The number of fused-ring (bicyclic) bond motifs is 1. The molecule has 3 amide bonds. The molecule has 0 aliphatic carbocycles. The molecule has 0 saturated carbocycles. The van der Waals surface area contributed by atoms with Crippen molar-refractivity contribution in [3.05, 3.63) is 73.7 Å². The Kier molecular flexibility index (Phi) is 9.48. The number of carbonyl (C=O) groups is 4. The van der Waals surface area contributed by atoms with Gasteiger partial charge in [-0.25, -0.2) is 4.79 Å². The summed E-state index contributed by atoms with van der Waals surface area (Å²) in [7, 11) is 0. The van der Waals surface area contributed by atoms with Gasteiger partial charge in [-0.2, -0.15) is 0 Å². The van der Waals surface area contributed by atoms with Crippen molar-refractivity contribution in [3.63, 3.8) is 0 Å². The van der Waals surface area contributed by atoms with Crippen LogP contribution < -0.4 is 20.8 Å². The summed E-state index contributed by atoms with van der Waals surface area (Å²) in [5.41, 5.74) is 2.07. The number of carboxylic acids is 1. The van der Waals surface area contributed by atoms with Crippen molar-refractivity contribution in [1.82, 2.24) is 30.7 Å². The molecule has 0 spiro atoms. The van der Waals surface area contributed by atoms with Crippen molar-refractivity contribution in [2.75, 3.05) is 18.1 Å². The van der Waals surface area contributed by atoms with Crippen molar-refractivity contribution in [2.24, 2.45) is 0 Å². The van der Waals surface area contributed by atoms with Crippen LogP contribution in [-0.2, 0) is 19.2 Å². The second kappa shape index (κ2) is 13.3. The number of phenols is 1. The van der Waals surface area contributed by atoms with Gasteiger partial charge in [-0.1, -0.05) is 46.8 Å². The number of amides is 3. The predicted molar refractivity (Wildman–Crippen MR) is 162 cm³/mol. The van der Waals surface area contributed by atoms with E-state index in [-0.39, 0.29) is 27.8 Å². The van der Waals surface area contributed by atoms with Gasteiger partial charge in [0, 0.05) is 23.4 Å². The molecule has 3 aromatic rings. The molecule has 3 atom stereocenters. The number of carbonyl (C=O) groups excluding carboxylic acids is 3. The molecular formula is C26H23ClN6O8S3. The fourth-order valence-electron chi connectivity index (χ4n) is 4.41. The maximum atomic E-state index is 13.5. The van der Waals surface area contributed by atoms with Crippen LogP contribution in [0.25, 0.3) is 0 Å². The van der Waals surface area contributed by atoms with Gasteiger partial charge in [-0.05, 0) is 30.2 Å². The van der Waals surface area contributed by atoms with Gasteiger partial charge in [0.05, 0.1) is 0 Å². The van der Waals surface area contributed by atoms with E-state index in [4.69, 9.17) is 16.3 Å². The standard InChI is InChI=1S/C26H23ClN6O8S3/c1-11-17(27)21(36)15(6-28-11)41-7-16(35)30-18(12-2-4-14(34)5-3-12)22(37)31-19-23(38)33-20(25(39)40)13(8-42-24(19)33)9-43-26-32-29-10-44-26/h2-6,10,18-19,24,34H,7-9H2,1H3,(H,28,36)(H,30,35)(H,31,37)(H,39,40)/t18?,19?,24-/m1/s1. The number of halogens is 1. The minimum absolute atomic E-state index is 0.0745. The average Bonchev–Trinajstić information content (AvgIpc) is 3.53. The van der Waals surface area contributed by atoms with E-state index in [1.54, 1.807) is 12.4 Å². The lowest BCUT2D eigenvalue weighted by Gasteiger charge is -2.49. The first kappa shape index (κ1) is 31.4. The van der Waals surface area contributed by atoms with Crippen LogP contribution >= 0.6 is 46.5 Å². The number of aliphatic carboxylic acids is 1. The Labute approximate surface area is 266 Å². The molecule has 14 nitrogen and oxygen atoms in total. The second-order valence-electron chi connectivity index (χ2n) is 9.45. The second-order valence-corrected chi connectivity index (χ2v) is 13.0. The molecule has 2 aliphatic rings. The van der Waals surface area contributed by atoms with E-state index < -0.39 is 53.2 Å². The van der Waals surface area contributed by atoms with Gasteiger partial charge in [-0.3, -0.25) is 24.1 Å². The van der Waals surface area contributed by atoms with Gasteiger partial charge in [0.2, 0.25) is 11.3 Å². The summed E-state index contributed by atoms with van der Waals surface area (Å²) in [6.07, 6.45) is 1.26. The zero-order valence-corrected chi connectivity index (χ0v) is 25.8. The average molecular weight is 679 g/mol. The first-order valence-corrected chi connectivity index (χ1v) is 16.0. The van der Waals surface area contributed by atoms with E-state index in [2.05, 4.69) is 25.8 Å². The summed E-state index contributed by atoms with van der Waals surface area (Å²) in [6.45, 7) is 0.960. The molecule has 2 aromatic heterocycles. The van der Waals surface area contributed by atoms with Crippen LogP contribution in [0, 0.1) is 6.92 Å². The van der Waals surface area contributed by atoms with Crippen LogP contribution in [0.1, 0.15) is 17.3 Å². The third-order valence-corrected chi connectivity index (χ3v) is 10.3. The summed E-state index contributed by atoms with van der Waals surface area (Å²) in [5.74, 6) is -3.05. The van der Waals surface area contributed by atoms with E-state index in [1.807, 2.05) is 0 Å². The number of aromatic nitrogens is 3. The number of rotatable bonds is 11. The van der Waals surface area contributed by atoms with Crippen LogP contribution in [0.2, 0.25) is 5.02 Å². The number of hydrogen-bond acceptors (Lipinski definition) is 12. The Morgan fingerprint density at radius 2 is 2.02 bits per heavy atom. The highest BCUT2D eigenvalue weighted by Crippen LogP contribution is 2.42. The predicted octanol–water partition coefficient (Wildman–Crippen LogP) is 1.66. The molecule has 1 aromatic carbocycles. The SMILES string of the molecule is Cc1[nH]cc(OCC(=O)NC(C(=O)NC2C(=O)N3C(C(=O)O)=C(CSc4nncs4)CS[C@H]23)c2ccc(O)cc2)c(=O)c1Cl. The third-order valence-electron chi connectivity index (χ3n) is 6.58. The Morgan fingerprint density at radius 3 is 2.70 bits per heavy atom. The van der Waals surface area contributed by atoms with E-state index >= 15 is 0 Å². The van der Waals surface area contributed by atoms with E-state index in [1.165, 1.54) is 65.3 Å². The van der Waals surface area contributed by atoms with Crippen LogP contribution in [0.4, 0.5) is 0 Å². The lowest BCUT2D eigenvalue weighted by molar-refractivity contribution is -0.151. The molecule has 0 radical (unpaired) electrons. The molecule has 44 heavy (non-hydrogen) atoms. The number of nitrogens with zero attached hydrogens (tertiary/aromatic N) is 3. The highest BCUT2D eigenvalue weighted by atomic mass is 35.5. The van der Waals surface area contributed by atoms with E-state index in [0.717, 1.165) is 4.90 Å². The number of phenolic OH excluding ortho intramolecular Hbond substituents is 1. The number of thioether (sulfide) groups is 2. The number of H-pyrrole nitrogens is 1. The Morgan fingerprint density at radius 1 is 1.27 bits per heavy atom. The third kappa shape index (κ3) is 6.54. The normalized spacial score (nSPS) is 18.2. The maximum absolute atomic E-state index is 13.5. The number of aromatic amines is 1. The van der Waals surface area contributed by atoms with Gasteiger partial charge >= 0.3 is 5.97 Å². The van der Waals surface area contributed by atoms with Crippen LogP contribution in [-0.4, -0.2) is 83.5 Å². The number of hydrogen-bond donors (Lipinski definition) is 5. The molecule has 0 bridgehead atoms. The van der Waals surface area contributed by atoms with Crippen molar-refractivity contribution in [2.45, 2.75) is 28.7 Å². The van der Waals surface area contributed by atoms with Crippen molar-refractivity contribution in [1.29, 1.82) is 0 Å². The number of pyridine rings is 1. The number of β-lactam (4-membered cyclic amide) rings is 1. The zero-order valence-electron chi connectivity index (χ0n) is 22.6. The van der Waals surface area contributed by atoms with Crippen LogP contribution in [0.15, 0.2) is 56.4 Å². The lowest BCUT2D eigenvalue weighted by Crippen LogP contribution is -2.71. The number of ether oxygens (including phenoxy) is 1. The summed E-state index contributed by atoms with van der Waals surface area (Å²) in [4.78, 5) is 67.9. The topological polar surface area (TPSA) is 204 Å². The van der Waals surface area contributed by atoms with Gasteiger partial charge in [0.15, 0.2) is 16.7 Å². The Bertz CT molecular complexity index is 1700. The molecule has 1 fully saturated rings. The summed E-state index contributed by atoms with van der Waals surface area (Å²) in [6, 6.07) is 3.11. The number of carboxylic acid groups (broad SMARTS) is 1. The fraction of sp³-hybridized carbons (Fsp3) is 0.269. The zero-order chi connectivity index (χ0) is 31.5. The quantitative estimate of drug-likeness (QED) is 0.145. The minimum atomic E-state index is -1.32. The molecule has 2 unspecified atom stereocenters. The summed E-state index contributed by atoms with van der Waals surface area (Å²) >= 11 is 9.88. The molecule has 1 saturated heterocycles. The monoisotopic (exact) mass is 678 g/mol. The van der Waals surface area contributed by atoms with Crippen molar-refractivity contribution < 1.29 is 34.1 Å². The van der Waals surface area contributed by atoms with Crippen LogP contribution in [0.3, 0.4) is 0 Å².